The van der Waals surface area contributed by atoms with Crippen LogP contribution in [0.1, 0.15) is 34.5 Å². The van der Waals surface area contributed by atoms with E-state index in [1.807, 2.05) is 13.0 Å². The number of hydrogen-bond donors (Lipinski definition) is 2. The van der Waals surface area contributed by atoms with Crippen molar-refractivity contribution < 1.29 is 4.79 Å². The quantitative estimate of drug-likeness (QED) is 0.894. The fourth-order valence-corrected chi connectivity index (χ4v) is 3.26. The zero-order chi connectivity index (χ0) is 17.8. The number of carbonyl (C=O) groups excluding carboxylic acids is 1. The SMILES string of the molecule is Cc1cc(NC(=O)c2c(C)ccn(CC3CCCNC3)c2=O)ccn1. The molecule has 1 fully saturated rings. The van der Waals surface area contributed by atoms with Gasteiger partial charge in [-0.2, -0.15) is 0 Å². The fourth-order valence-electron chi connectivity index (χ4n) is 3.26. The number of amides is 1. The largest absolute Gasteiger partial charge is 0.322 e. The summed E-state index contributed by atoms with van der Waals surface area (Å²) in [6.45, 7) is 6.24. The van der Waals surface area contributed by atoms with Gasteiger partial charge >= 0.3 is 0 Å². The summed E-state index contributed by atoms with van der Waals surface area (Å²) in [6, 6.07) is 5.34. The summed E-state index contributed by atoms with van der Waals surface area (Å²) in [7, 11) is 0. The maximum atomic E-state index is 12.8. The molecule has 0 aliphatic carbocycles. The summed E-state index contributed by atoms with van der Waals surface area (Å²) in [6.07, 6.45) is 5.65. The molecule has 3 rings (SSSR count). The maximum Gasteiger partial charge on any atom is 0.263 e. The smallest absolute Gasteiger partial charge is 0.263 e. The van der Waals surface area contributed by atoms with Gasteiger partial charge < -0.3 is 15.2 Å². The number of hydrogen-bond acceptors (Lipinski definition) is 4. The van der Waals surface area contributed by atoms with E-state index < -0.39 is 0 Å². The minimum Gasteiger partial charge on any atom is -0.322 e. The van der Waals surface area contributed by atoms with Gasteiger partial charge in [0.2, 0.25) is 0 Å². The predicted molar refractivity (Wildman–Crippen MR) is 98.0 cm³/mol. The third kappa shape index (κ3) is 4.14. The monoisotopic (exact) mass is 340 g/mol. The third-order valence-electron chi connectivity index (χ3n) is 4.61. The lowest BCUT2D eigenvalue weighted by molar-refractivity contribution is 0.102. The van der Waals surface area contributed by atoms with Gasteiger partial charge in [-0.05, 0) is 69.5 Å². The molecule has 6 heteroatoms. The summed E-state index contributed by atoms with van der Waals surface area (Å²) in [5.41, 5.74) is 2.12. The molecule has 132 valence electrons. The summed E-state index contributed by atoms with van der Waals surface area (Å²) in [5.74, 6) is 0.0529. The van der Waals surface area contributed by atoms with Gasteiger partial charge in [0.1, 0.15) is 5.56 Å². The molecule has 2 aromatic heterocycles. The zero-order valence-corrected chi connectivity index (χ0v) is 14.7. The van der Waals surface area contributed by atoms with Crippen LogP contribution < -0.4 is 16.2 Å². The van der Waals surface area contributed by atoms with Crippen LogP contribution in [-0.2, 0) is 6.54 Å². The van der Waals surface area contributed by atoms with Crippen molar-refractivity contribution >= 4 is 11.6 Å². The van der Waals surface area contributed by atoms with Gasteiger partial charge in [-0.25, -0.2) is 0 Å². The van der Waals surface area contributed by atoms with E-state index in [1.54, 1.807) is 36.0 Å². The standard InChI is InChI=1S/C19H24N4O2/c1-13-6-9-23(12-15-4-3-7-20-11-15)19(25)17(13)18(24)22-16-5-8-21-14(2)10-16/h5-6,8-10,15,20H,3-4,7,11-12H2,1-2H3,(H,21,22,24). The number of nitrogens with zero attached hydrogens (tertiary/aromatic N) is 2. The van der Waals surface area contributed by atoms with Gasteiger partial charge in [-0.15, -0.1) is 0 Å². The molecule has 1 atom stereocenters. The molecule has 0 aromatic carbocycles. The van der Waals surface area contributed by atoms with Crippen LogP contribution >= 0.6 is 0 Å². The number of piperidine rings is 1. The van der Waals surface area contributed by atoms with Crippen LogP contribution in [0.3, 0.4) is 0 Å². The third-order valence-corrected chi connectivity index (χ3v) is 4.61. The number of nitrogens with one attached hydrogen (secondary N) is 2. The minimum absolute atomic E-state index is 0.209. The van der Waals surface area contributed by atoms with Gasteiger partial charge in [0.05, 0.1) is 0 Å². The molecule has 25 heavy (non-hydrogen) atoms. The van der Waals surface area contributed by atoms with E-state index in [0.717, 1.165) is 31.6 Å². The molecular weight excluding hydrogens is 316 g/mol. The van der Waals surface area contributed by atoms with E-state index in [2.05, 4.69) is 15.6 Å². The van der Waals surface area contributed by atoms with Crippen LogP contribution in [-0.4, -0.2) is 28.5 Å². The fraction of sp³-hybridized carbons (Fsp3) is 0.421. The molecule has 0 bridgehead atoms. The van der Waals surface area contributed by atoms with Crippen molar-refractivity contribution in [3.63, 3.8) is 0 Å². The van der Waals surface area contributed by atoms with E-state index in [1.165, 1.54) is 0 Å². The molecule has 1 aliphatic rings. The van der Waals surface area contributed by atoms with Crippen molar-refractivity contribution in [2.45, 2.75) is 33.2 Å². The van der Waals surface area contributed by atoms with Crippen molar-refractivity contribution in [1.82, 2.24) is 14.9 Å². The lowest BCUT2D eigenvalue weighted by atomic mass is 9.99. The van der Waals surface area contributed by atoms with Crippen molar-refractivity contribution in [1.29, 1.82) is 0 Å². The Morgan fingerprint density at radius 3 is 2.96 bits per heavy atom. The van der Waals surface area contributed by atoms with Crippen LogP contribution in [0.25, 0.3) is 0 Å². The van der Waals surface area contributed by atoms with Gasteiger partial charge in [-0.1, -0.05) is 0 Å². The Kier molecular flexibility index (Phi) is 5.28. The van der Waals surface area contributed by atoms with Gasteiger partial charge in [0, 0.05) is 30.3 Å². The van der Waals surface area contributed by atoms with Crippen molar-refractivity contribution in [2.75, 3.05) is 18.4 Å². The molecule has 0 saturated carbocycles. The Morgan fingerprint density at radius 1 is 1.40 bits per heavy atom. The van der Waals surface area contributed by atoms with E-state index in [9.17, 15) is 9.59 Å². The molecule has 2 N–H and O–H groups in total. The summed E-state index contributed by atoms with van der Waals surface area (Å²) in [5, 5.41) is 6.17. The Hall–Kier alpha value is -2.47. The Morgan fingerprint density at radius 2 is 2.24 bits per heavy atom. The van der Waals surface area contributed by atoms with Crippen molar-refractivity contribution in [3.05, 3.63) is 57.8 Å². The second-order valence-corrected chi connectivity index (χ2v) is 6.68. The average molecular weight is 340 g/mol. The first-order chi connectivity index (χ1) is 12.0. The number of pyridine rings is 2. The van der Waals surface area contributed by atoms with E-state index in [4.69, 9.17) is 0 Å². The maximum absolute atomic E-state index is 12.8. The van der Waals surface area contributed by atoms with E-state index in [0.29, 0.717) is 23.7 Å². The Labute approximate surface area is 147 Å². The van der Waals surface area contributed by atoms with Crippen LogP contribution in [0.15, 0.2) is 35.4 Å². The minimum atomic E-state index is -0.371. The van der Waals surface area contributed by atoms with Crippen LogP contribution in [0.4, 0.5) is 5.69 Å². The number of anilines is 1. The average Bonchev–Trinajstić information content (AvgIpc) is 2.58. The van der Waals surface area contributed by atoms with Crippen molar-refractivity contribution in [3.8, 4) is 0 Å². The second-order valence-electron chi connectivity index (χ2n) is 6.68. The molecule has 3 heterocycles. The van der Waals surface area contributed by atoms with Crippen LogP contribution in [0.5, 0.6) is 0 Å². The molecule has 2 aromatic rings. The van der Waals surface area contributed by atoms with E-state index >= 15 is 0 Å². The summed E-state index contributed by atoms with van der Waals surface area (Å²) in [4.78, 5) is 29.6. The highest BCUT2D eigenvalue weighted by Gasteiger charge is 2.19. The molecule has 1 saturated heterocycles. The zero-order valence-electron chi connectivity index (χ0n) is 14.7. The highest BCUT2D eigenvalue weighted by Crippen LogP contribution is 2.14. The lowest BCUT2D eigenvalue weighted by Gasteiger charge is -2.23. The van der Waals surface area contributed by atoms with Gasteiger partial charge in [0.15, 0.2) is 0 Å². The van der Waals surface area contributed by atoms with Gasteiger partial charge in [-0.3, -0.25) is 14.6 Å². The highest BCUT2D eigenvalue weighted by molar-refractivity contribution is 6.04. The first kappa shape index (κ1) is 17.4. The molecule has 0 spiro atoms. The van der Waals surface area contributed by atoms with Crippen LogP contribution in [0.2, 0.25) is 0 Å². The number of aryl methyl sites for hydroxylation is 2. The Balaban J connectivity index is 1.83. The van der Waals surface area contributed by atoms with Crippen molar-refractivity contribution in [2.24, 2.45) is 5.92 Å². The predicted octanol–water partition coefficient (Wildman–Crippen LogP) is 2.11. The first-order valence-electron chi connectivity index (χ1n) is 8.69. The van der Waals surface area contributed by atoms with E-state index in [-0.39, 0.29) is 17.0 Å². The summed E-state index contributed by atoms with van der Waals surface area (Å²) >= 11 is 0. The molecule has 6 nitrogen and oxygen atoms in total. The Bertz CT molecular complexity index is 822. The second kappa shape index (κ2) is 7.61. The normalized spacial score (nSPS) is 17.3. The molecule has 0 radical (unpaired) electrons. The molecule has 1 aliphatic heterocycles. The lowest BCUT2D eigenvalue weighted by Crippen LogP contribution is -2.36. The summed E-state index contributed by atoms with van der Waals surface area (Å²) < 4.78 is 1.66. The molecule has 1 amide bonds. The number of aromatic nitrogens is 2. The molecular formula is C19H24N4O2. The highest BCUT2D eigenvalue weighted by atomic mass is 16.2. The number of rotatable bonds is 4. The first-order valence-corrected chi connectivity index (χ1v) is 8.69. The van der Waals surface area contributed by atoms with Gasteiger partial charge in [0.25, 0.3) is 11.5 Å². The molecule has 1 unspecified atom stereocenters. The van der Waals surface area contributed by atoms with Crippen LogP contribution in [0, 0.1) is 19.8 Å². The number of carbonyl (C=O) groups is 1. The topological polar surface area (TPSA) is 76.0 Å².